The van der Waals surface area contributed by atoms with Crippen LogP contribution in [0.3, 0.4) is 0 Å². The Bertz CT molecular complexity index is 1170. The van der Waals surface area contributed by atoms with Crippen molar-refractivity contribution < 1.29 is 32.9 Å². The van der Waals surface area contributed by atoms with Gasteiger partial charge in [-0.15, -0.1) is 0 Å². The number of halogens is 2. The molecule has 0 unspecified atom stereocenters. The minimum atomic E-state index is -1.83. The van der Waals surface area contributed by atoms with Crippen molar-refractivity contribution in [3.8, 4) is 11.5 Å². The van der Waals surface area contributed by atoms with Gasteiger partial charge in [-0.2, -0.15) is 0 Å². The van der Waals surface area contributed by atoms with Crippen LogP contribution in [0.25, 0.3) is 0 Å². The maximum Gasteiger partial charge on any atom is 0.325 e. The number of likely N-dealkylation sites (tertiary alicyclic amines) is 1. The van der Waals surface area contributed by atoms with Crippen LogP contribution >= 0.6 is 0 Å². The summed E-state index contributed by atoms with van der Waals surface area (Å²) in [5.41, 5.74) is 0.521. The van der Waals surface area contributed by atoms with Crippen LogP contribution in [-0.4, -0.2) is 67.5 Å². The third kappa shape index (κ3) is 7.01. The van der Waals surface area contributed by atoms with Gasteiger partial charge in [0.1, 0.15) is 23.3 Å². The molecule has 2 atom stereocenters. The molecule has 0 spiro atoms. The standard InChI is InChI=1S/C30H41F2N3O5/c1-30(2,32)19-15-23(27(39-4)24(31)16-19)26(29(36)37)35-13-11-21(18-35)40-14-7-5-6-9-20-17-25(38-3)22-10-8-12-33-28(22)34-20/h15-17,21,26H,5-14,18H2,1-4H3,(H,33,34)(H,36,37)/t21-,26+/m1/s1. The highest BCUT2D eigenvalue weighted by Crippen LogP contribution is 2.38. The zero-order chi connectivity index (χ0) is 28.9. The van der Waals surface area contributed by atoms with Gasteiger partial charge in [0.25, 0.3) is 0 Å². The van der Waals surface area contributed by atoms with Crippen molar-refractivity contribution in [1.29, 1.82) is 0 Å². The number of aliphatic carboxylic acids is 1. The first-order valence-electron chi connectivity index (χ1n) is 14.1. The molecular formula is C30H41F2N3O5. The molecule has 3 heterocycles. The van der Waals surface area contributed by atoms with Gasteiger partial charge in [0.05, 0.1) is 20.3 Å². The lowest BCUT2D eigenvalue weighted by molar-refractivity contribution is -0.143. The molecule has 0 aliphatic carbocycles. The van der Waals surface area contributed by atoms with E-state index in [1.165, 1.54) is 27.0 Å². The Morgan fingerprint density at radius 3 is 2.73 bits per heavy atom. The molecule has 2 aliphatic rings. The molecule has 220 valence electrons. The Balaban J connectivity index is 1.28. The zero-order valence-electron chi connectivity index (χ0n) is 23.9. The predicted molar refractivity (Wildman–Crippen MR) is 149 cm³/mol. The minimum absolute atomic E-state index is 0.0688. The molecule has 2 aliphatic heterocycles. The molecule has 10 heteroatoms. The molecule has 8 nitrogen and oxygen atoms in total. The number of aromatic nitrogens is 1. The number of benzene rings is 1. The molecule has 1 aromatic carbocycles. The van der Waals surface area contributed by atoms with Crippen LogP contribution < -0.4 is 14.8 Å². The van der Waals surface area contributed by atoms with Gasteiger partial charge in [-0.05, 0) is 70.1 Å². The van der Waals surface area contributed by atoms with Crippen LogP contribution in [-0.2, 0) is 28.0 Å². The van der Waals surface area contributed by atoms with Crippen LogP contribution in [0.1, 0.15) is 74.4 Å². The number of methoxy groups -OCH3 is 2. The van der Waals surface area contributed by atoms with E-state index in [4.69, 9.17) is 19.2 Å². The fourth-order valence-electron chi connectivity index (χ4n) is 5.59. The minimum Gasteiger partial charge on any atom is -0.496 e. The first-order valence-corrected chi connectivity index (χ1v) is 14.1. The first kappa shape index (κ1) is 30.0. The second kappa shape index (κ2) is 13.1. The molecule has 0 saturated carbocycles. The van der Waals surface area contributed by atoms with E-state index in [1.54, 1.807) is 12.0 Å². The number of alkyl halides is 1. The van der Waals surface area contributed by atoms with Gasteiger partial charge >= 0.3 is 5.97 Å². The summed E-state index contributed by atoms with van der Waals surface area (Å²) in [7, 11) is 2.98. The topological polar surface area (TPSA) is 93.2 Å². The lowest BCUT2D eigenvalue weighted by atomic mass is 9.94. The number of aryl methyl sites for hydroxylation is 1. The third-order valence-corrected chi connectivity index (χ3v) is 7.72. The van der Waals surface area contributed by atoms with Crippen LogP contribution in [0, 0.1) is 5.82 Å². The number of carboxylic acids is 1. The smallest absolute Gasteiger partial charge is 0.325 e. The van der Waals surface area contributed by atoms with Gasteiger partial charge in [-0.1, -0.05) is 6.42 Å². The lowest BCUT2D eigenvalue weighted by Crippen LogP contribution is -2.34. The van der Waals surface area contributed by atoms with Crippen LogP contribution in [0.2, 0.25) is 0 Å². The fourth-order valence-corrected chi connectivity index (χ4v) is 5.59. The fraction of sp³-hybridized carbons (Fsp3) is 0.600. The number of ether oxygens (including phenoxy) is 3. The quantitative estimate of drug-likeness (QED) is 0.313. The number of hydrogen-bond acceptors (Lipinski definition) is 7. The van der Waals surface area contributed by atoms with E-state index in [0.29, 0.717) is 26.1 Å². The Morgan fingerprint density at radius 2 is 2.02 bits per heavy atom. The monoisotopic (exact) mass is 561 g/mol. The van der Waals surface area contributed by atoms with E-state index < -0.39 is 23.5 Å². The van der Waals surface area contributed by atoms with Crippen LogP contribution in [0.4, 0.5) is 14.6 Å². The Hall–Kier alpha value is -2.98. The highest BCUT2D eigenvalue weighted by molar-refractivity contribution is 5.77. The second-order valence-electron chi connectivity index (χ2n) is 11.1. The van der Waals surface area contributed by atoms with Crippen molar-refractivity contribution in [3.05, 3.63) is 46.4 Å². The molecule has 2 aromatic rings. The summed E-state index contributed by atoms with van der Waals surface area (Å²) in [6.07, 6.45) is 6.28. The molecule has 40 heavy (non-hydrogen) atoms. The van der Waals surface area contributed by atoms with Crippen molar-refractivity contribution in [2.75, 3.05) is 45.8 Å². The van der Waals surface area contributed by atoms with E-state index in [0.717, 1.165) is 74.0 Å². The molecular weight excluding hydrogens is 520 g/mol. The average Bonchev–Trinajstić information content (AvgIpc) is 3.37. The molecule has 0 amide bonds. The summed E-state index contributed by atoms with van der Waals surface area (Å²) < 4.78 is 46.3. The van der Waals surface area contributed by atoms with E-state index in [9.17, 15) is 18.7 Å². The summed E-state index contributed by atoms with van der Waals surface area (Å²) in [4.78, 5) is 18.8. The molecule has 2 N–H and O–H groups in total. The largest absolute Gasteiger partial charge is 0.496 e. The van der Waals surface area contributed by atoms with Crippen molar-refractivity contribution >= 4 is 11.8 Å². The third-order valence-electron chi connectivity index (χ3n) is 7.72. The normalized spacial score (nSPS) is 18.2. The first-order chi connectivity index (χ1) is 19.1. The summed E-state index contributed by atoms with van der Waals surface area (Å²) in [6, 6.07) is 3.33. The summed E-state index contributed by atoms with van der Waals surface area (Å²) >= 11 is 0. The maximum atomic E-state index is 14.8. The highest BCUT2D eigenvalue weighted by Gasteiger charge is 2.37. The molecule has 1 fully saturated rings. The number of rotatable bonds is 13. The Kier molecular flexibility index (Phi) is 9.84. The SMILES string of the molecule is COc1cc(CCCCCO[C@@H]2CCN([C@H](C(=O)O)c3cc(C(C)(C)F)cc(F)c3OC)C2)nc2c1CCCN2. The molecule has 1 saturated heterocycles. The van der Waals surface area contributed by atoms with Crippen LogP contribution in [0.15, 0.2) is 18.2 Å². The number of nitrogens with zero attached hydrogens (tertiary/aromatic N) is 2. The number of carbonyl (C=O) groups is 1. The van der Waals surface area contributed by atoms with E-state index in [1.807, 2.05) is 6.07 Å². The van der Waals surface area contributed by atoms with E-state index in [-0.39, 0.29) is 23.0 Å². The summed E-state index contributed by atoms with van der Waals surface area (Å²) in [6.45, 7) is 4.98. The van der Waals surface area contributed by atoms with Gasteiger partial charge in [0.15, 0.2) is 11.6 Å². The lowest BCUT2D eigenvalue weighted by Gasteiger charge is -2.27. The Labute approximate surface area is 235 Å². The number of anilines is 1. The molecule has 0 bridgehead atoms. The molecule has 1 aromatic heterocycles. The van der Waals surface area contributed by atoms with Crippen molar-refractivity contribution in [2.45, 2.75) is 76.6 Å². The zero-order valence-corrected chi connectivity index (χ0v) is 23.9. The van der Waals surface area contributed by atoms with E-state index in [2.05, 4.69) is 5.32 Å². The van der Waals surface area contributed by atoms with Crippen molar-refractivity contribution in [2.24, 2.45) is 0 Å². The number of pyridine rings is 1. The van der Waals surface area contributed by atoms with Gasteiger partial charge in [-0.25, -0.2) is 13.8 Å². The van der Waals surface area contributed by atoms with Crippen molar-refractivity contribution in [3.63, 3.8) is 0 Å². The van der Waals surface area contributed by atoms with Gasteiger partial charge in [0.2, 0.25) is 0 Å². The summed E-state index contributed by atoms with van der Waals surface area (Å²) in [5, 5.41) is 13.4. The van der Waals surface area contributed by atoms with Gasteiger partial charge in [-0.3, -0.25) is 9.69 Å². The van der Waals surface area contributed by atoms with Crippen LogP contribution in [0.5, 0.6) is 11.5 Å². The molecule has 0 radical (unpaired) electrons. The maximum absolute atomic E-state index is 14.8. The average molecular weight is 562 g/mol. The highest BCUT2D eigenvalue weighted by atomic mass is 19.1. The number of hydrogen-bond donors (Lipinski definition) is 2. The number of nitrogens with one attached hydrogen (secondary N) is 1. The number of fused-ring (bicyclic) bond motifs is 1. The number of carboxylic acid groups (broad SMARTS) is 1. The second-order valence-corrected chi connectivity index (χ2v) is 11.1. The Morgan fingerprint density at radius 1 is 1.23 bits per heavy atom. The predicted octanol–water partition coefficient (Wildman–Crippen LogP) is 5.43. The van der Waals surface area contributed by atoms with Gasteiger partial charge < -0.3 is 24.6 Å². The van der Waals surface area contributed by atoms with Crippen molar-refractivity contribution in [1.82, 2.24) is 9.88 Å². The van der Waals surface area contributed by atoms with Gasteiger partial charge in [0, 0.05) is 49.1 Å². The van der Waals surface area contributed by atoms with E-state index >= 15 is 0 Å². The molecule has 4 rings (SSSR count). The summed E-state index contributed by atoms with van der Waals surface area (Å²) in [5.74, 6) is -0.253. The number of unbranched alkanes of at least 4 members (excludes halogenated alkanes) is 2.